The Balaban J connectivity index is 2.48. The van der Waals surface area contributed by atoms with Gasteiger partial charge in [0.2, 0.25) is 0 Å². The number of piperidine rings is 1. The summed E-state index contributed by atoms with van der Waals surface area (Å²) < 4.78 is 5.27. The van der Waals surface area contributed by atoms with Crippen molar-refractivity contribution in [3.05, 3.63) is 0 Å². The smallest absolute Gasteiger partial charge is 0.410 e. The minimum Gasteiger partial charge on any atom is -0.444 e. The van der Waals surface area contributed by atoms with Gasteiger partial charge in [0.15, 0.2) is 0 Å². The predicted molar refractivity (Wildman–Crippen MR) is 70.5 cm³/mol. The second-order valence-electron chi connectivity index (χ2n) is 6.36. The molecule has 1 fully saturated rings. The third kappa shape index (κ3) is 4.82. The molecule has 106 valence electrons. The van der Waals surface area contributed by atoms with Crippen LogP contribution in [-0.2, 0) is 4.74 Å². The lowest BCUT2D eigenvalue weighted by Crippen LogP contribution is -2.51. The van der Waals surface area contributed by atoms with Crippen LogP contribution in [0.2, 0.25) is 0 Å². The zero-order valence-corrected chi connectivity index (χ0v) is 12.2. The van der Waals surface area contributed by atoms with Gasteiger partial charge < -0.3 is 19.6 Å². The fourth-order valence-corrected chi connectivity index (χ4v) is 2.04. The molecule has 0 radical (unpaired) electrons. The molecule has 1 amide bonds. The normalized spacial score (nSPS) is 20.6. The van der Waals surface area contributed by atoms with Gasteiger partial charge in [0.25, 0.3) is 0 Å². The van der Waals surface area contributed by atoms with Gasteiger partial charge >= 0.3 is 6.09 Å². The molecule has 1 aliphatic heterocycles. The summed E-state index contributed by atoms with van der Waals surface area (Å²) in [5.41, 5.74) is -1.28. The van der Waals surface area contributed by atoms with Crippen LogP contribution in [0.1, 0.15) is 33.6 Å². The number of aliphatic hydroxyl groups is 1. The number of carbonyl (C=O) groups excluding carboxylic acids is 1. The molecule has 0 aromatic heterocycles. The van der Waals surface area contributed by atoms with Crippen LogP contribution < -0.4 is 0 Å². The Bertz CT molecular complexity index is 291. The average Bonchev–Trinajstić information content (AvgIpc) is 2.20. The van der Waals surface area contributed by atoms with Crippen LogP contribution in [0.4, 0.5) is 4.79 Å². The van der Waals surface area contributed by atoms with Crippen molar-refractivity contribution in [2.75, 3.05) is 33.7 Å². The monoisotopic (exact) mass is 258 g/mol. The molecule has 1 saturated heterocycles. The molecule has 0 spiro atoms. The van der Waals surface area contributed by atoms with E-state index in [-0.39, 0.29) is 6.09 Å². The molecule has 1 rings (SSSR count). The molecule has 0 bridgehead atoms. The molecule has 0 saturated carbocycles. The molecule has 0 aliphatic carbocycles. The Morgan fingerprint density at radius 3 is 2.33 bits per heavy atom. The van der Waals surface area contributed by atoms with E-state index in [9.17, 15) is 9.90 Å². The van der Waals surface area contributed by atoms with Crippen molar-refractivity contribution in [1.82, 2.24) is 9.80 Å². The first-order chi connectivity index (χ1) is 8.11. The van der Waals surface area contributed by atoms with Crippen LogP contribution in [-0.4, -0.2) is 65.9 Å². The van der Waals surface area contributed by atoms with E-state index >= 15 is 0 Å². The van der Waals surface area contributed by atoms with E-state index in [0.717, 1.165) is 13.1 Å². The van der Waals surface area contributed by atoms with Crippen LogP contribution in [0.5, 0.6) is 0 Å². The number of ether oxygens (including phenoxy) is 1. The third-order valence-corrected chi connectivity index (χ3v) is 3.15. The summed E-state index contributed by atoms with van der Waals surface area (Å²) >= 11 is 0. The Morgan fingerprint density at radius 2 is 1.89 bits per heavy atom. The molecule has 0 atom stereocenters. The predicted octanol–water partition coefficient (Wildman–Crippen LogP) is 1.31. The molecule has 0 aromatic carbocycles. The number of likely N-dealkylation sites (N-methyl/N-ethyl adjacent to an activating group) is 1. The van der Waals surface area contributed by atoms with Crippen molar-refractivity contribution in [3.63, 3.8) is 0 Å². The van der Waals surface area contributed by atoms with Gasteiger partial charge in [-0.15, -0.1) is 0 Å². The van der Waals surface area contributed by atoms with Gasteiger partial charge in [-0.3, -0.25) is 0 Å². The Labute approximate surface area is 110 Å². The van der Waals surface area contributed by atoms with Crippen molar-refractivity contribution < 1.29 is 14.6 Å². The van der Waals surface area contributed by atoms with Gasteiger partial charge in [0, 0.05) is 20.1 Å². The first-order valence-electron chi connectivity index (χ1n) is 6.46. The van der Waals surface area contributed by atoms with Gasteiger partial charge in [-0.2, -0.15) is 0 Å². The molecule has 0 unspecified atom stereocenters. The van der Waals surface area contributed by atoms with Gasteiger partial charge in [0.1, 0.15) is 5.60 Å². The molecular formula is C13H26N2O3. The van der Waals surface area contributed by atoms with Gasteiger partial charge in [-0.25, -0.2) is 4.79 Å². The Kier molecular flexibility index (Phi) is 4.61. The first kappa shape index (κ1) is 15.2. The lowest BCUT2D eigenvalue weighted by Gasteiger charge is -2.39. The zero-order valence-electron chi connectivity index (χ0n) is 12.2. The van der Waals surface area contributed by atoms with Gasteiger partial charge in [-0.1, -0.05) is 0 Å². The molecule has 1 heterocycles. The van der Waals surface area contributed by atoms with Crippen LogP contribution in [0.3, 0.4) is 0 Å². The number of hydrogen-bond donors (Lipinski definition) is 1. The number of likely N-dealkylation sites (tertiary alicyclic amines) is 1. The van der Waals surface area contributed by atoms with Crippen molar-refractivity contribution in [1.29, 1.82) is 0 Å². The molecule has 18 heavy (non-hydrogen) atoms. The summed E-state index contributed by atoms with van der Waals surface area (Å²) in [5, 5.41) is 10.4. The minimum absolute atomic E-state index is 0.329. The van der Waals surface area contributed by atoms with Crippen LogP contribution in [0.15, 0.2) is 0 Å². The minimum atomic E-state index is -0.780. The number of nitrogens with zero attached hydrogens (tertiary/aromatic N) is 2. The third-order valence-electron chi connectivity index (χ3n) is 3.15. The Hall–Kier alpha value is -0.810. The van der Waals surface area contributed by atoms with E-state index in [0.29, 0.717) is 19.4 Å². The van der Waals surface area contributed by atoms with Gasteiger partial charge in [-0.05, 0) is 40.7 Å². The van der Waals surface area contributed by atoms with Crippen LogP contribution in [0.25, 0.3) is 0 Å². The van der Waals surface area contributed by atoms with Crippen LogP contribution >= 0.6 is 0 Å². The van der Waals surface area contributed by atoms with E-state index in [1.54, 1.807) is 7.05 Å². The topological polar surface area (TPSA) is 53.0 Å². The summed E-state index contributed by atoms with van der Waals surface area (Å²) in [5.74, 6) is 0. The summed E-state index contributed by atoms with van der Waals surface area (Å²) in [4.78, 5) is 15.5. The maximum atomic E-state index is 11.8. The Morgan fingerprint density at radius 1 is 1.39 bits per heavy atom. The summed E-state index contributed by atoms with van der Waals surface area (Å²) in [6, 6.07) is 0. The number of carbonyl (C=O) groups is 1. The van der Waals surface area contributed by atoms with Crippen LogP contribution in [0, 0.1) is 0 Å². The van der Waals surface area contributed by atoms with E-state index < -0.39 is 11.2 Å². The van der Waals surface area contributed by atoms with Gasteiger partial charge in [0.05, 0.1) is 12.1 Å². The van der Waals surface area contributed by atoms with E-state index in [1.807, 2.05) is 27.8 Å². The van der Waals surface area contributed by atoms with Crippen molar-refractivity contribution in [2.24, 2.45) is 0 Å². The maximum absolute atomic E-state index is 11.8. The average molecular weight is 258 g/mol. The largest absolute Gasteiger partial charge is 0.444 e. The SMILES string of the molecule is CN1CCC(O)(CN(C)C(=O)OC(C)(C)C)CC1. The summed E-state index contributed by atoms with van der Waals surface area (Å²) in [7, 11) is 3.71. The number of amides is 1. The highest BCUT2D eigenvalue weighted by Gasteiger charge is 2.34. The molecule has 1 N–H and O–H groups in total. The quantitative estimate of drug-likeness (QED) is 0.811. The first-order valence-corrected chi connectivity index (χ1v) is 6.46. The summed E-state index contributed by atoms with van der Waals surface area (Å²) in [6.07, 6.45) is 1.00. The van der Waals surface area contributed by atoms with Crippen molar-refractivity contribution in [2.45, 2.75) is 44.8 Å². The van der Waals surface area contributed by atoms with Crippen molar-refractivity contribution in [3.8, 4) is 0 Å². The highest BCUT2D eigenvalue weighted by Crippen LogP contribution is 2.22. The standard InChI is InChI=1S/C13H26N2O3/c1-12(2,3)18-11(16)15(5)10-13(17)6-8-14(4)9-7-13/h17H,6-10H2,1-5H3. The van der Waals surface area contributed by atoms with E-state index in [4.69, 9.17) is 4.74 Å². The lowest BCUT2D eigenvalue weighted by atomic mass is 9.91. The zero-order chi connectivity index (χ0) is 14.0. The van der Waals surface area contributed by atoms with E-state index in [2.05, 4.69) is 4.90 Å². The lowest BCUT2D eigenvalue weighted by molar-refractivity contribution is -0.0432. The number of hydrogen-bond acceptors (Lipinski definition) is 4. The second-order valence-corrected chi connectivity index (χ2v) is 6.36. The molecule has 1 aliphatic rings. The maximum Gasteiger partial charge on any atom is 0.410 e. The molecule has 5 heteroatoms. The highest BCUT2D eigenvalue weighted by atomic mass is 16.6. The van der Waals surface area contributed by atoms with Crippen molar-refractivity contribution >= 4 is 6.09 Å². The second kappa shape index (κ2) is 5.45. The van der Waals surface area contributed by atoms with E-state index in [1.165, 1.54) is 4.90 Å². The number of rotatable bonds is 2. The molecular weight excluding hydrogens is 232 g/mol. The highest BCUT2D eigenvalue weighted by molar-refractivity contribution is 5.67. The molecule has 5 nitrogen and oxygen atoms in total. The fourth-order valence-electron chi connectivity index (χ4n) is 2.04. The molecule has 0 aromatic rings. The summed E-state index contributed by atoms with van der Waals surface area (Å²) in [6.45, 7) is 7.56. The fraction of sp³-hybridized carbons (Fsp3) is 0.923.